The third-order valence-electron chi connectivity index (χ3n) is 4.08. The van der Waals surface area contributed by atoms with E-state index in [2.05, 4.69) is 22.7 Å². The first-order chi connectivity index (χ1) is 9.58. The summed E-state index contributed by atoms with van der Waals surface area (Å²) in [7, 11) is 0. The highest BCUT2D eigenvalue weighted by atomic mass is 32.2. The Kier molecular flexibility index (Phi) is 3.24. The van der Waals surface area contributed by atoms with Gasteiger partial charge >= 0.3 is 5.97 Å². The van der Waals surface area contributed by atoms with Crippen LogP contribution in [0.1, 0.15) is 35.9 Å². The number of aromatic carboxylic acids is 1. The molecule has 0 spiro atoms. The maximum Gasteiger partial charge on any atom is 0.335 e. The standard InChI is InChI=1S/C15H18N2O2S/c1-3-13-16-11-8-10(14(18)19)4-5-12(11)17(13)9-15(20-2)6-7-15/h4-5,8H,3,6-7,9H2,1-2H3,(H,18,19). The number of fused-ring (bicyclic) bond motifs is 1. The van der Waals surface area contributed by atoms with Gasteiger partial charge in [-0.15, -0.1) is 0 Å². The minimum Gasteiger partial charge on any atom is -0.478 e. The number of thioether (sulfide) groups is 1. The fourth-order valence-corrected chi connectivity index (χ4v) is 3.38. The Hall–Kier alpha value is -1.49. The van der Waals surface area contributed by atoms with Crippen molar-refractivity contribution in [2.75, 3.05) is 6.26 Å². The van der Waals surface area contributed by atoms with Crippen LogP contribution in [0.2, 0.25) is 0 Å². The molecule has 1 aromatic carbocycles. The number of rotatable bonds is 5. The predicted octanol–water partition coefficient (Wildman–Crippen LogP) is 3.19. The number of carboxylic acid groups (broad SMARTS) is 1. The van der Waals surface area contributed by atoms with Crippen molar-refractivity contribution < 1.29 is 9.90 Å². The summed E-state index contributed by atoms with van der Waals surface area (Å²) in [6.45, 7) is 3.06. The lowest BCUT2D eigenvalue weighted by Gasteiger charge is -2.15. The molecule has 1 saturated carbocycles. The third-order valence-corrected chi connectivity index (χ3v) is 5.48. The summed E-state index contributed by atoms with van der Waals surface area (Å²) in [4.78, 5) is 15.7. The lowest BCUT2D eigenvalue weighted by atomic mass is 10.2. The first-order valence-electron chi connectivity index (χ1n) is 6.86. The average Bonchev–Trinajstić information content (AvgIpc) is 3.14. The second-order valence-electron chi connectivity index (χ2n) is 5.36. The molecule has 0 bridgehead atoms. The second-order valence-corrected chi connectivity index (χ2v) is 6.64. The number of hydrogen-bond donors (Lipinski definition) is 1. The van der Waals surface area contributed by atoms with E-state index in [-0.39, 0.29) is 0 Å². The number of aromatic nitrogens is 2. The van der Waals surface area contributed by atoms with Gasteiger partial charge in [-0.05, 0) is 37.3 Å². The topological polar surface area (TPSA) is 55.1 Å². The van der Waals surface area contributed by atoms with Crippen LogP contribution in [0.3, 0.4) is 0 Å². The Morgan fingerprint density at radius 3 is 2.80 bits per heavy atom. The number of nitrogens with zero attached hydrogens (tertiary/aromatic N) is 2. The van der Waals surface area contributed by atoms with Crippen LogP contribution in [-0.2, 0) is 13.0 Å². The normalized spacial score (nSPS) is 16.5. The molecule has 4 nitrogen and oxygen atoms in total. The molecule has 1 heterocycles. The van der Waals surface area contributed by atoms with Gasteiger partial charge < -0.3 is 9.67 Å². The summed E-state index contributed by atoms with van der Waals surface area (Å²) in [6.07, 6.45) is 5.54. The molecule has 1 N–H and O–H groups in total. The van der Waals surface area contributed by atoms with Gasteiger partial charge in [-0.2, -0.15) is 11.8 Å². The lowest BCUT2D eigenvalue weighted by molar-refractivity contribution is 0.0697. The molecule has 106 valence electrons. The second kappa shape index (κ2) is 4.81. The van der Waals surface area contributed by atoms with Crippen LogP contribution in [-0.4, -0.2) is 31.6 Å². The number of imidazole rings is 1. The number of carbonyl (C=O) groups is 1. The van der Waals surface area contributed by atoms with E-state index in [0.717, 1.165) is 29.8 Å². The molecule has 3 rings (SSSR count). The molecule has 1 aliphatic carbocycles. The first-order valence-corrected chi connectivity index (χ1v) is 8.08. The fourth-order valence-electron chi connectivity index (χ4n) is 2.61. The van der Waals surface area contributed by atoms with Crippen molar-refractivity contribution in [1.29, 1.82) is 0 Å². The van der Waals surface area contributed by atoms with Crippen molar-refractivity contribution >= 4 is 28.8 Å². The van der Waals surface area contributed by atoms with E-state index in [1.54, 1.807) is 12.1 Å². The van der Waals surface area contributed by atoms with Gasteiger partial charge in [0, 0.05) is 17.7 Å². The monoisotopic (exact) mass is 290 g/mol. The van der Waals surface area contributed by atoms with E-state index < -0.39 is 5.97 Å². The molecular formula is C15H18N2O2S. The molecule has 0 radical (unpaired) electrons. The highest BCUT2D eigenvalue weighted by Gasteiger charge is 2.42. The molecule has 1 fully saturated rings. The zero-order chi connectivity index (χ0) is 14.3. The molecule has 0 amide bonds. The Balaban J connectivity index is 2.07. The van der Waals surface area contributed by atoms with Crippen molar-refractivity contribution in [2.45, 2.75) is 37.5 Å². The highest BCUT2D eigenvalue weighted by molar-refractivity contribution is 8.00. The fraction of sp³-hybridized carbons (Fsp3) is 0.467. The van der Waals surface area contributed by atoms with Gasteiger partial charge in [-0.25, -0.2) is 9.78 Å². The van der Waals surface area contributed by atoms with Crippen LogP contribution in [0.4, 0.5) is 0 Å². The summed E-state index contributed by atoms with van der Waals surface area (Å²) >= 11 is 1.93. The van der Waals surface area contributed by atoms with Gasteiger partial charge in [-0.3, -0.25) is 0 Å². The van der Waals surface area contributed by atoms with Gasteiger partial charge in [0.2, 0.25) is 0 Å². The molecule has 0 unspecified atom stereocenters. The Morgan fingerprint density at radius 2 is 2.25 bits per heavy atom. The maximum absolute atomic E-state index is 11.1. The minimum absolute atomic E-state index is 0.302. The number of hydrogen-bond acceptors (Lipinski definition) is 3. The third kappa shape index (κ3) is 2.20. The molecule has 2 aromatic rings. The van der Waals surface area contributed by atoms with E-state index in [1.807, 2.05) is 17.8 Å². The molecule has 5 heteroatoms. The van der Waals surface area contributed by atoms with Crippen LogP contribution in [0.5, 0.6) is 0 Å². The van der Waals surface area contributed by atoms with Crippen molar-refractivity contribution in [2.24, 2.45) is 0 Å². The molecular weight excluding hydrogens is 272 g/mol. The van der Waals surface area contributed by atoms with E-state index in [0.29, 0.717) is 10.3 Å². The van der Waals surface area contributed by atoms with Gasteiger partial charge in [-0.1, -0.05) is 6.92 Å². The highest BCUT2D eigenvalue weighted by Crippen LogP contribution is 2.49. The predicted molar refractivity (Wildman–Crippen MR) is 81.6 cm³/mol. The van der Waals surface area contributed by atoms with E-state index in [4.69, 9.17) is 5.11 Å². The largest absolute Gasteiger partial charge is 0.478 e. The quantitative estimate of drug-likeness (QED) is 0.919. The Labute approximate surface area is 122 Å². The maximum atomic E-state index is 11.1. The molecule has 20 heavy (non-hydrogen) atoms. The van der Waals surface area contributed by atoms with Crippen LogP contribution in [0, 0.1) is 0 Å². The summed E-state index contributed by atoms with van der Waals surface area (Å²) in [5.41, 5.74) is 2.14. The average molecular weight is 290 g/mol. The van der Waals surface area contributed by atoms with Crippen molar-refractivity contribution in [3.8, 4) is 0 Å². The van der Waals surface area contributed by atoms with Crippen LogP contribution in [0.25, 0.3) is 11.0 Å². The van der Waals surface area contributed by atoms with Crippen LogP contribution >= 0.6 is 11.8 Å². The lowest BCUT2D eigenvalue weighted by Crippen LogP contribution is -2.15. The molecule has 0 atom stereocenters. The number of carboxylic acids is 1. The minimum atomic E-state index is -0.901. The van der Waals surface area contributed by atoms with E-state index >= 15 is 0 Å². The first kappa shape index (κ1) is 13.5. The summed E-state index contributed by atoms with van der Waals surface area (Å²) in [6, 6.07) is 5.23. The Bertz CT molecular complexity index is 674. The molecule has 0 saturated heterocycles. The van der Waals surface area contributed by atoms with Crippen molar-refractivity contribution in [3.05, 3.63) is 29.6 Å². The zero-order valence-electron chi connectivity index (χ0n) is 11.7. The SMILES string of the molecule is CCc1nc2cc(C(=O)O)ccc2n1CC1(SC)CC1. The van der Waals surface area contributed by atoms with Crippen LogP contribution < -0.4 is 0 Å². The summed E-state index contributed by atoms with van der Waals surface area (Å²) in [5.74, 6) is 0.144. The van der Waals surface area contributed by atoms with E-state index in [1.165, 1.54) is 12.8 Å². The Morgan fingerprint density at radius 1 is 1.50 bits per heavy atom. The van der Waals surface area contributed by atoms with Gasteiger partial charge in [0.05, 0.1) is 16.6 Å². The van der Waals surface area contributed by atoms with Crippen molar-refractivity contribution in [3.63, 3.8) is 0 Å². The smallest absolute Gasteiger partial charge is 0.335 e. The molecule has 1 aliphatic rings. The van der Waals surface area contributed by atoms with Crippen molar-refractivity contribution in [1.82, 2.24) is 9.55 Å². The molecule has 1 aromatic heterocycles. The summed E-state index contributed by atoms with van der Waals surface area (Å²) in [5, 5.41) is 9.07. The van der Waals surface area contributed by atoms with E-state index in [9.17, 15) is 4.79 Å². The summed E-state index contributed by atoms with van der Waals surface area (Å²) < 4.78 is 2.63. The van der Waals surface area contributed by atoms with Crippen LogP contribution in [0.15, 0.2) is 18.2 Å². The van der Waals surface area contributed by atoms with Gasteiger partial charge in [0.25, 0.3) is 0 Å². The number of aryl methyl sites for hydroxylation is 1. The zero-order valence-corrected chi connectivity index (χ0v) is 12.5. The van der Waals surface area contributed by atoms with Gasteiger partial charge in [0.1, 0.15) is 5.82 Å². The van der Waals surface area contributed by atoms with Gasteiger partial charge in [0.15, 0.2) is 0 Å². The number of benzene rings is 1. The molecule has 0 aliphatic heterocycles.